The second-order valence-electron chi connectivity index (χ2n) is 7.89. The Kier molecular flexibility index (Phi) is 7.83. The van der Waals surface area contributed by atoms with E-state index in [2.05, 4.69) is 35.1 Å². The maximum absolute atomic E-state index is 12.3. The van der Waals surface area contributed by atoms with Crippen LogP contribution >= 0.6 is 0 Å². The Balaban J connectivity index is 1.41. The molecule has 0 fully saturated rings. The van der Waals surface area contributed by atoms with Gasteiger partial charge in [0.25, 0.3) is 0 Å². The Morgan fingerprint density at radius 3 is 2.19 bits per heavy atom. The van der Waals surface area contributed by atoms with Gasteiger partial charge in [-0.1, -0.05) is 48.5 Å². The van der Waals surface area contributed by atoms with Crippen LogP contribution < -0.4 is 10.8 Å². The first-order chi connectivity index (χ1) is 15.4. The number of rotatable bonds is 10. The lowest BCUT2D eigenvalue weighted by atomic mass is 9.98. The highest BCUT2D eigenvalue weighted by atomic mass is 16.7. The zero-order chi connectivity index (χ0) is 23.1. The molecule has 0 aromatic heterocycles. The average molecular weight is 440 g/mol. The number of carbonyl (C=O) groups excluding carboxylic acids is 2. The molecule has 170 valence electrons. The molecular weight excluding hydrogens is 412 g/mol. The maximum Gasteiger partial charge on any atom is 0.407 e. The zero-order valence-corrected chi connectivity index (χ0v) is 18.2. The smallest absolute Gasteiger partial charge is 0.407 e. The molecule has 8 heteroatoms. The molecule has 0 aliphatic heterocycles. The van der Waals surface area contributed by atoms with Crippen LogP contribution in [-0.2, 0) is 19.2 Å². The number of hydrogen-bond acceptors (Lipinski definition) is 5. The minimum Gasteiger partial charge on any atom is -0.479 e. The molecule has 1 aliphatic carbocycles. The first kappa shape index (κ1) is 23.3. The lowest BCUT2D eigenvalue weighted by molar-refractivity contribution is -0.158. The largest absolute Gasteiger partial charge is 0.479 e. The lowest BCUT2D eigenvalue weighted by Crippen LogP contribution is -2.34. The van der Waals surface area contributed by atoms with E-state index in [-0.39, 0.29) is 25.0 Å². The number of fused-ring (bicyclic) bond motifs is 3. The molecule has 2 amide bonds. The number of carbonyl (C=O) groups is 3. The van der Waals surface area contributed by atoms with Crippen LogP contribution in [0.3, 0.4) is 0 Å². The van der Waals surface area contributed by atoms with Crippen LogP contribution in [-0.4, -0.2) is 41.8 Å². The van der Waals surface area contributed by atoms with Crippen molar-refractivity contribution in [3.63, 3.8) is 0 Å². The number of ether oxygens (including phenoxy) is 1. The van der Waals surface area contributed by atoms with E-state index in [1.807, 2.05) is 31.2 Å². The van der Waals surface area contributed by atoms with E-state index in [9.17, 15) is 14.4 Å². The van der Waals surface area contributed by atoms with Gasteiger partial charge < -0.3 is 15.2 Å². The summed E-state index contributed by atoms with van der Waals surface area (Å²) in [6.07, 6.45) is -0.396. The predicted octanol–water partition coefficient (Wildman–Crippen LogP) is 3.60. The Labute approximate surface area is 186 Å². The Morgan fingerprint density at radius 2 is 1.59 bits per heavy atom. The van der Waals surface area contributed by atoms with Crippen LogP contribution in [0.5, 0.6) is 0 Å². The molecule has 0 bridgehead atoms. The minimum atomic E-state index is -1.16. The topological polar surface area (TPSA) is 114 Å². The zero-order valence-electron chi connectivity index (χ0n) is 18.2. The van der Waals surface area contributed by atoms with Gasteiger partial charge in [0, 0.05) is 18.4 Å². The first-order valence-electron chi connectivity index (χ1n) is 10.7. The molecule has 0 spiro atoms. The third-order valence-corrected chi connectivity index (χ3v) is 5.45. The SMILES string of the molecule is CC(CCCC(=O)NOC(C)C(=O)O)NC(=O)OCC1c2ccccc2-c2ccccc21. The van der Waals surface area contributed by atoms with Crippen molar-refractivity contribution in [3.8, 4) is 11.1 Å². The Morgan fingerprint density at radius 1 is 1.00 bits per heavy atom. The number of alkyl carbamates (subject to hydrolysis) is 1. The van der Waals surface area contributed by atoms with E-state index in [1.165, 1.54) is 18.1 Å². The summed E-state index contributed by atoms with van der Waals surface area (Å²) in [7, 11) is 0. The fourth-order valence-electron chi connectivity index (χ4n) is 3.74. The Hall–Kier alpha value is -3.39. The van der Waals surface area contributed by atoms with E-state index < -0.39 is 24.1 Å². The van der Waals surface area contributed by atoms with Crippen LogP contribution in [0.2, 0.25) is 0 Å². The van der Waals surface area contributed by atoms with Crippen molar-refractivity contribution in [1.29, 1.82) is 0 Å². The summed E-state index contributed by atoms with van der Waals surface area (Å²) in [6, 6.07) is 16.1. The van der Waals surface area contributed by atoms with Crippen molar-refractivity contribution < 1.29 is 29.1 Å². The van der Waals surface area contributed by atoms with Gasteiger partial charge in [0.1, 0.15) is 6.61 Å². The van der Waals surface area contributed by atoms with Crippen LogP contribution in [0, 0.1) is 0 Å². The summed E-state index contributed by atoms with van der Waals surface area (Å²) in [6.45, 7) is 3.40. The second kappa shape index (κ2) is 10.8. The minimum absolute atomic E-state index is 0.000320. The highest BCUT2D eigenvalue weighted by molar-refractivity contribution is 5.79. The van der Waals surface area contributed by atoms with Crippen molar-refractivity contribution in [2.24, 2.45) is 0 Å². The van der Waals surface area contributed by atoms with E-state index in [0.717, 1.165) is 11.1 Å². The third kappa shape index (κ3) is 5.85. The molecule has 2 atom stereocenters. The standard InChI is InChI=1S/C24H28N2O6/c1-15(8-7-13-22(27)26-32-16(2)23(28)29)25-24(30)31-14-21-19-11-5-3-9-17(19)18-10-4-6-12-20(18)21/h3-6,9-12,15-16,21H,7-8,13-14H2,1-2H3,(H,25,30)(H,26,27)(H,28,29). The number of benzene rings is 2. The van der Waals surface area contributed by atoms with Gasteiger partial charge in [0.05, 0.1) is 0 Å². The van der Waals surface area contributed by atoms with Gasteiger partial charge in [-0.3, -0.25) is 9.63 Å². The van der Waals surface area contributed by atoms with Gasteiger partial charge in [-0.05, 0) is 48.9 Å². The highest BCUT2D eigenvalue weighted by Crippen LogP contribution is 2.44. The van der Waals surface area contributed by atoms with Gasteiger partial charge >= 0.3 is 12.1 Å². The fraction of sp³-hybridized carbons (Fsp3) is 0.375. The number of carboxylic acid groups (broad SMARTS) is 1. The fourth-order valence-corrected chi connectivity index (χ4v) is 3.74. The van der Waals surface area contributed by atoms with Crippen molar-refractivity contribution in [2.45, 2.75) is 51.2 Å². The van der Waals surface area contributed by atoms with Gasteiger partial charge in [-0.2, -0.15) is 0 Å². The molecule has 2 unspecified atom stereocenters. The van der Waals surface area contributed by atoms with Crippen molar-refractivity contribution in [3.05, 3.63) is 59.7 Å². The number of hydrogen-bond donors (Lipinski definition) is 3. The van der Waals surface area contributed by atoms with E-state index >= 15 is 0 Å². The monoisotopic (exact) mass is 440 g/mol. The number of carboxylic acids is 1. The number of aliphatic carboxylic acids is 1. The summed E-state index contributed by atoms with van der Waals surface area (Å²) in [5.41, 5.74) is 6.76. The molecule has 2 aromatic rings. The quantitative estimate of drug-likeness (QED) is 0.487. The molecule has 3 N–H and O–H groups in total. The number of amides is 2. The van der Waals surface area contributed by atoms with E-state index in [1.54, 1.807) is 0 Å². The lowest BCUT2D eigenvalue weighted by Gasteiger charge is -2.17. The molecule has 0 radical (unpaired) electrons. The average Bonchev–Trinajstić information content (AvgIpc) is 3.09. The van der Waals surface area contributed by atoms with Gasteiger partial charge in [-0.15, -0.1) is 0 Å². The highest BCUT2D eigenvalue weighted by Gasteiger charge is 2.29. The van der Waals surface area contributed by atoms with E-state index in [4.69, 9.17) is 14.7 Å². The molecule has 0 saturated carbocycles. The number of nitrogens with one attached hydrogen (secondary N) is 2. The van der Waals surface area contributed by atoms with Gasteiger partial charge in [-0.25, -0.2) is 15.1 Å². The molecule has 2 aromatic carbocycles. The molecular formula is C24H28N2O6. The molecule has 0 saturated heterocycles. The maximum atomic E-state index is 12.3. The summed E-state index contributed by atoms with van der Waals surface area (Å²) < 4.78 is 5.52. The normalized spacial score (nSPS) is 14.1. The summed E-state index contributed by atoms with van der Waals surface area (Å²) >= 11 is 0. The number of hydroxylamine groups is 1. The third-order valence-electron chi connectivity index (χ3n) is 5.45. The van der Waals surface area contributed by atoms with Crippen LogP contribution in [0.1, 0.15) is 50.2 Å². The van der Waals surface area contributed by atoms with Crippen molar-refractivity contribution >= 4 is 18.0 Å². The van der Waals surface area contributed by atoms with E-state index in [0.29, 0.717) is 12.8 Å². The van der Waals surface area contributed by atoms with Crippen LogP contribution in [0.15, 0.2) is 48.5 Å². The molecule has 3 rings (SSSR count). The summed E-state index contributed by atoms with van der Waals surface area (Å²) in [5, 5.41) is 11.5. The van der Waals surface area contributed by atoms with Crippen LogP contribution in [0.4, 0.5) is 4.79 Å². The van der Waals surface area contributed by atoms with Gasteiger partial charge in [0.15, 0.2) is 6.10 Å². The summed E-state index contributed by atoms with van der Waals surface area (Å²) in [4.78, 5) is 39.3. The van der Waals surface area contributed by atoms with Crippen molar-refractivity contribution in [2.75, 3.05) is 6.61 Å². The van der Waals surface area contributed by atoms with Crippen LogP contribution in [0.25, 0.3) is 11.1 Å². The summed E-state index contributed by atoms with van der Waals surface area (Å²) in [5.74, 6) is -1.57. The molecule has 8 nitrogen and oxygen atoms in total. The Bertz CT molecular complexity index is 931. The first-order valence-corrected chi connectivity index (χ1v) is 10.7. The molecule has 32 heavy (non-hydrogen) atoms. The van der Waals surface area contributed by atoms with Crippen molar-refractivity contribution in [1.82, 2.24) is 10.8 Å². The van der Waals surface area contributed by atoms with Gasteiger partial charge in [0.2, 0.25) is 5.91 Å². The molecule has 1 aliphatic rings. The molecule has 0 heterocycles. The second-order valence-corrected chi connectivity index (χ2v) is 7.89. The predicted molar refractivity (Wildman–Crippen MR) is 118 cm³/mol.